The van der Waals surface area contributed by atoms with Crippen molar-refractivity contribution in [3.63, 3.8) is 0 Å². The summed E-state index contributed by atoms with van der Waals surface area (Å²) in [5.74, 6) is 0. The molecule has 0 fully saturated rings. The molecule has 1 N–H and O–H groups in total. The summed E-state index contributed by atoms with van der Waals surface area (Å²) in [6.45, 7) is 11.3. The summed E-state index contributed by atoms with van der Waals surface area (Å²) in [4.78, 5) is 6.38. The molecule has 19 heavy (non-hydrogen) atoms. The van der Waals surface area contributed by atoms with Crippen molar-refractivity contribution >= 4 is 0 Å². The van der Waals surface area contributed by atoms with Crippen LogP contribution in [0.4, 0.5) is 0 Å². The molecule has 1 rings (SSSR count). The van der Waals surface area contributed by atoms with Crippen molar-refractivity contribution in [3.05, 3.63) is 54.6 Å². The molecule has 0 aliphatic carbocycles. The average molecular weight is 259 g/mol. The van der Waals surface area contributed by atoms with Gasteiger partial charge in [0.25, 0.3) is 0 Å². The molecule has 104 valence electrons. The molecular weight excluding hydrogens is 234 g/mol. The Balaban J connectivity index is 2.49. The van der Waals surface area contributed by atoms with Gasteiger partial charge in [-0.1, -0.05) is 18.7 Å². The van der Waals surface area contributed by atoms with Crippen LogP contribution < -0.4 is 5.32 Å². The van der Waals surface area contributed by atoms with Crippen molar-refractivity contribution in [2.45, 2.75) is 39.3 Å². The third-order valence-corrected chi connectivity index (χ3v) is 2.99. The maximum absolute atomic E-state index is 4.32. The summed E-state index contributed by atoms with van der Waals surface area (Å²) in [7, 11) is 2.02. The van der Waals surface area contributed by atoms with E-state index in [0.717, 1.165) is 24.4 Å². The van der Waals surface area contributed by atoms with E-state index >= 15 is 0 Å². The van der Waals surface area contributed by atoms with Gasteiger partial charge in [0, 0.05) is 37.4 Å². The smallest absolute Gasteiger partial charge is 0.0541 e. The summed E-state index contributed by atoms with van der Waals surface area (Å²) < 4.78 is 0. The molecule has 3 heteroatoms. The van der Waals surface area contributed by atoms with Crippen molar-refractivity contribution in [3.8, 4) is 0 Å². The third kappa shape index (κ3) is 5.71. The van der Waals surface area contributed by atoms with Crippen molar-refractivity contribution in [2.24, 2.45) is 0 Å². The summed E-state index contributed by atoms with van der Waals surface area (Å²) >= 11 is 0. The molecule has 0 amide bonds. The van der Waals surface area contributed by atoms with Crippen molar-refractivity contribution < 1.29 is 0 Å². The van der Waals surface area contributed by atoms with Gasteiger partial charge < -0.3 is 10.2 Å². The maximum atomic E-state index is 4.32. The Labute approximate surface area is 117 Å². The molecule has 0 aromatic carbocycles. The molecule has 1 heterocycles. The van der Waals surface area contributed by atoms with Gasteiger partial charge in [-0.3, -0.25) is 4.98 Å². The number of pyridine rings is 1. The highest BCUT2D eigenvalue weighted by Gasteiger charge is 2.19. The molecule has 0 unspecified atom stereocenters. The molecule has 0 atom stereocenters. The lowest BCUT2D eigenvalue weighted by Crippen LogP contribution is -2.40. The lowest BCUT2D eigenvalue weighted by atomic mass is 9.98. The molecule has 1 aromatic rings. The predicted octanol–water partition coefficient (Wildman–Crippen LogP) is 3.32. The highest BCUT2D eigenvalue weighted by molar-refractivity contribution is 5.06. The van der Waals surface area contributed by atoms with E-state index in [0.29, 0.717) is 0 Å². The second-order valence-electron chi connectivity index (χ2n) is 5.39. The Hall–Kier alpha value is -1.61. The van der Waals surface area contributed by atoms with Crippen molar-refractivity contribution in [1.29, 1.82) is 0 Å². The zero-order valence-electron chi connectivity index (χ0n) is 12.5. The Morgan fingerprint density at radius 1 is 1.47 bits per heavy atom. The zero-order chi connectivity index (χ0) is 14.3. The lowest BCUT2D eigenvalue weighted by molar-refractivity contribution is 0.353. The van der Waals surface area contributed by atoms with Crippen LogP contribution in [0.25, 0.3) is 0 Å². The predicted molar refractivity (Wildman–Crippen MR) is 81.5 cm³/mol. The zero-order valence-corrected chi connectivity index (χ0v) is 12.5. The minimum Gasteiger partial charge on any atom is -0.355 e. The first-order valence-corrected chi connectivity index (χ1v) is 6.63. The summed E-state index contributed by atoms with van der Waals surface area (Å²) in [5.41, 5.74) is 2.14. The van der Waals surface area contributed by atoms with Crippen LogP contribution in [0, 0.1) is 0 Å². The van der Waals surface area contributed by atoms with E-state index in [-0.39, 0.29) is 5.54 Å². The summed E-state index contributed by atoms with van der Waals surface area (Å²) in [6.07, 6.45) is 6.75. The number of nitrogens with zero attached hydrogens (tertiary/aromatic N) is 2. The van der Waals surface area contributed by atoms with E-state index in [4.69, 9.17) is 0 Å². The molecule has 0 aliphatic rings. The highest BCUT2D eigenvalue weighted by Crippen LogP contribution is 2.17. The van der Waals surface area contributed by atoms with Crippen LogP contribution in [-0.2, 0) is 6.54 Å². The van der Waals surface area contributed by atoms with Crippen LogP contribution in [0.1, 0.15) is 32.9 Å². The van der Waals surface area contributed by atoms with Gasteiger partial charge in [-0.05, 0) is 39.1 Å². The monoisotopic (exact) mass is 259 g/mol. The molecule has 0 bridgehead atoms. The van der Waals surface area contributed by atoms with Crippen LogP contribution in [0.5, 0.6) is 0 Å². The number of rotatable bonds is 7. The fraction of sp³-hybridized carbons (Fsp3) is 0.438. The standard InChI is InChI=1S/C16H25N3/c1-6-11-19(5)14(2)12-16(3,4)18-13-15-9-7-8-10-17-15/h6-11,18H,2,12-13H2,1,3-5H3/b11-6-. The van der Waals surface area contributed by atoms with E-state index in [1.807, 2.05) is 50.6 Å². The molecule has 0 spiro atoms. The largest absolute Gasteiger partial charge is 0.355 e. The van der Waals surface area contributed by atoms with E-state index < -0.39 is 0 Å². The minimum absolute atomic E-state index is 0.00948. The Morgan fingerprint density at radius 2 is 2.21 bits per heavy atom. The minimum atomic E-state index is -0.00948. The van der Waals surface area contributed by atoms with E-state index in [1.165, 1.54) is 0 Å². The third-order valence-electron chi connectivity index (χ3n) is 2.99. The molecule has 1 aromatic heterocycles. The Morgan fingerprint density at radius 3 is 2.79 bits per heavy atom. The van der Waals surface area contributed by atoms with Gasteiger partial charge in [0.1, 0.15) is 0 Å². The second-order valence-corrected chi connectivity index (χ2v) is 5.39. The number of nitrogens with one attached hydrogen (secondary N) is 1. The second kappa shape index (κ2) is 7.10. The first kappa shape index (κ1) is 15.4. The topological polar surface area (TPSA) is 28.2 Å². The van der Waals surface area contributed by atoms with E-state index in [1.54, 1.807) is 0 Å². The molecular formula is C16H25N3. The average Bonchev–Trinajstić information content (AvgIpc) is 2.37. The highest BCUT2D eigenvalue weighted by atomic mass is 15.1. The van der Waals surface area contributed by atoms with Crippen molar-refractivity contribution in [1.82, 2.24) is 15.2 Å². The molecule has 0 radical (unpaired) electrons. The fourth-order valence-electron chi connectivity index (χ4n) is 1.86. The summed E-state index contributed by atoms with van der Waals surface area (Å²) in [6, 6.07) is 5.97. The molecule has 0 saturated carbocycles. The quantitative estimate of drug-likeness (QED) is 0.814. The van der Waals surface area contributed by atoms with Crippen LogP contribution in [0.2, 0.25) is 0 Å². The van der Waals surface area contributed by atoms with Gasteiger partial charge in [0.2, 0.25) is 0 Å². The summed E-state index contributed by atoms with van der Waals surface area (Å²) in [5, 5.41) is 3.53. The number of aromatic nitrogens is 1. The van der Waals surface area contributed by atoms with Gasteiger partial charge in [0.05, 0.1) is 5.69 Å². The maximum Gasteiger partial charge on any atom is 0.0541 e. The number of hydrogen-bond donors (Lipinski definition) is 1. The lowest BCUT2D eigenvalue weighted by Gasteiger charge is -2.30. The van der Waals surface area contributed by atoms with Gasteiger partial charge in [-0.2, -0.15) is 0 Å². The van der Waals surface area contributed by atoms with Gasteiger partial charge in [-0.25, -0.2) is 0 Å². The SMILES string of the molecule is C=C(CC(C)(C)NCc1ccccn1)N(C)/C=C\C. The van der Waals surface area contributed by atoms with Gasteiger partial charge in [0.15, 0.2) is 0 Å². The van der Waals surface area contributed by atoms with E-state index in [9.17, 15) is 0 Å². The van der Waals surface area contributed by atoms with Crippen LogP contribution >= 0.6 is 0 Å². The molecule has 0 aliphatic heterocycles. The molecule has 0 saturated heterocycles. The van der Waals surface area contributed by atoms with Crippen molar-refractivity contribution in [2.75, 3.05) is 7.05 Å². The number of hydrogen-bond acceptors (Lipinski definition) is 3. The normalized spacial score (nSPS) is 11.8. The van der Waals surface area contributed by atoms with Crippen LogP contribution in [0.3, 0.4) is 0 Å². The van der Waals surface area contributed by atoms with Crippen LogP contribution in [0.15, 0.2) is 48.9 Å². The van der Waals surface area contributed by atoms with Gasteiger partial charge in [-0.15, -0.1) is 0 Å². The van der Waals surface area contributed by atoms with Gasteiger partial charge >= 0.3 is 0 Å². The van der Waals surface area contributed by atoms with E-state index in [2.05, 4.69) is 35.6 Å². The Kier molecular flexibility index (Phi) is 5.77. The molecule has 3 nitrogen and oxygen atoms in total. The number of allylic oxidation sites excluding steroid dienone is 1. The Bertz CT molecular complexity index is 421. The first-order valence-electron chi connectivity index (χ1n) is 6.63. The first-order chi connectivity index (χ1) is 8.94. The van der Waals surface area contributed by atoms with Crippen LogP contribution in [-0.4, -0.2) is 22.5 Å². The fourth-order valence-corrected chi connectivity index (χ4v) is 1.86.